The molecule has 2 aliphatic rings. The molecular formula is C20H23NO. The Balaban J connectivity index is 2.08. The lowest BCUT2D eigenvalue weighted by atomic mass is 9.60. The van der Waals surface area contributed by atoms with E-state index in [0.717, 1.165) is 23.9 Å². The number of fused-ring (bicyclic) bond motifs is 1. The van der Waals surface area contributed by atoms with Crippen molar-refractivity contribution in [3.8, 4) is 0 Å². The summed E-state index contributed by atoms with van der Waals surface area (Å²) in [5.74, 6) is 0. The van der Waals surface area contributed by atoms with Gasteiger partial charge in [0, 0.05) is 33.5 Å². The van der Waals surface area contributed by atoms with E-state index >= 15 is 0 Å². The number of nitrogens with one attached hydrogen (secondary N) is 1. The van der Waals surface area contributed by atoms with E-state index in [0.29, 0.717) is 0 Å². The maximum Gasteiger partial charge on any atom is 0.0884 e. The smallest absolute Gasteiger partial charge is 0.0884 e. The molecule has 0 amide bonds. The highest BCUT2D eigenvalue weighted by Crippen LogP contribution is 2.55. The molecule has 2 atom stereocenters. The van der Waals surface area contributed by atoms with Gasteiger partial charge in [0.1, 0.15) is 0 Å². The first kappa shape index (κ1) is 13.8. The van der Waals surface area contributed by atoms with Crippen molar-refractivity contribution in [2.75, 3.05) is 0 Å². The minimum Gasteiger partial charge on any atom is -0.387 e. The van der Waals surface area contributed by atoms with E-state index in [1.54, 1.807) is 0 Å². The normalized spacial score (nSPS) is 29.5. The topological polar surface area (TPSA) is 36.0 Å². The van der Waals surface area contributed by atoms with Gasteiger partial charge in [-0.15, -0.1) is 6.58 Å². The third-order valence-electron chi connectivity index (χ3n) is 6.03. The molecule has 4 rings (SSSR count). The van der Waals surface area contributed by atoms with E-state index in [9.17, 15) is 5.11 Å². The zero-order valence-electron chi connectivity index (χ0n) is 13.5. The number of H-pyrrole nitrogens is 1. The van der Waals surface area contributed by atoms with Crippen molar-refractivity contribution < 1.29 is 5.11 Å². The number of hydrogen-bond donors (Lipinski definition) is 2. The van der Waals surface area contributed by atoms with Crippen LogP contribution in [0.4, 0.5) is 0 Å². The number of allylic oxidation sites excluding steroid dienone is 1. The first-order chi connectivity index (χ1) is 10.4. The Morgan fingerprint density at radius 1 is 1.32 bits per heavy atom. The van der Waals surface area contributed by atoms with Gasteiger partial charge in [-0.25, -0.2) is 0 Å². The Kier molecular flexibility index (Phi) is 2.60. The summed E-state index contributed by atoms with van der Waals surface area (Å²) in [7, 11) is 0. The molecule has 2 aliphatic carbocycles. The molecule has 0 radical (unpaired) electrons. The number of aromatic amines is 1. The van der Waals surface area contributed by atoms with Crippen molar-refractivity contribution in [3.05, 3.63) is 53.8 Å². The Labute approximate surface area is 131 Å². The van der Waals surface area contributed by atoms with Crippen molar-refractivity contribution in [1.29, 1.82) is 0 Å². The van der Waals surface area contributed by atoms with Crippen LogP contribution in [-0.4, -0.2) is 16.2 Å². The second kappa shape index (κ2) is 4.14. The van der Waals surface area contributed by atoms with Crippen LogP contribution in [0.1, 0.15) is 44.7 Å². The molecule has 0 bridgehead atoms. The zero-order valence-corrected chi connectivity index (χ0v) is 13.5. The Hall–Kier alpha value is -1.80. The summed E-state index contributed by atoms with van der Waals surface area (Å²) in [5.41, 5.74) is 5.94. The highest BCUT2D eigenvalue weighted by molar-refractivity contribution is 6.00. The summed E-state index contributed by atoms with van der Waals surface area (Å²) in [4.78, 5) is 3.39. The van der Waals surface area contributed by atoms with Crippen molar-refractivity contribution in [2.24, 2.45) is 5.41 Å². The molecule has 22 heavy (non-hydrogen) atoms. The average Bonchev–Trinajstić information content (AvgIpc) is 2.92. The fraction of sp³-hybridized carbons (Fsp3) is 0.400. The fourth-order valence-electron chi connectivity index (χ4n) is 4.41. The highest BCUT2D eigenvalue weighted by Gasteiger charge is 2.45. The predicted molar refractivity (Wildman–Crippen MR) is 91.8 cm³/mol. The lowest BCUT2D eigenvalue weighted by Crippen LogP contribution is -2.40. The van der Waals surface area contributed by atoms with Gasteiger partial charge in [0.05, 0.1) is 6.10 Å². The SMILES string of the molecule is C=C[C@@]1(C)CCC2=C(c3c[nH]c4cccc(c34)C2(C)C)C1O. The van der Waals surface area contributed by atoms with Crippen LogP contribution in [0.3, 0.4) is 0 Å². The van der Waals surface area contributed by atoms with Gasteiger partial charge in [0.15, 0.2) is 0 Å². The fourth-order valence-corrected chi connectivity index (χ4v) is 4.41. The van der Waals surface area contributed by atoms with Crippen LogP contribution in [0.2, 0.25) is 0 Å². The van der Waals surface area contributed by atoms with Gasteiger partial charge in [0.2, 0.25) is 0 Å². The quantitative estimate of drug-likeness (QED) is 0.743. The molecule has 1 heterocycles. The summed E-state index contributed by atoms with van der Waals surface area (Å²) in [6.07, 6.45) is 5.48. The highest BCUT2D eigenvalue weighted by atomic mass is 16.3. The summed E-state index contributed by atoms with van der Waals surface area (Å²) < 4.78 is 0. The van der Waals surface area contributed by atoms with Crippen LogP contribution < -0.4 is 0 Å². The monoisotopic (exact) mass is 293 g/mol. The first-order valence-electron chi connectivity index (χ1n) is 8.06. The molecule has 1 unspecified atom stereocenters. The van der Waals surface area contributed by atoms with Crippen molar-refractivity contribution in [1.82, 2.24) is 4.98 Å². The van der Waals surface area contributed by atoms with E-state index < -0.39 is 6.10 Å². The van der Waals surface area contributed by atoms with Crippen LogP contribution in [0.15, 0.2) is 42.6 Å². The molecule has 0 saturated carbocycles. The van der Waals surface area contributed by atoms with Gasteiger partial charge in [-0.3, -0.25) is 0 Å². The second-order valence-corrected chi connectivity index (χ2v) is 7.56. The van der Waals surface area contributed by atoms with Crippen LogP contribution >= 0.6 is 0 Å². The minimum atomic E-state index is -0.486. The first-order valence-corrected chi connectivity index (χ1v) is 8.06. The number of aliphatic hydroxyl groups is 1. The van der Waals surface area contributed by atoms with Crippen LogP contribution in [-0.2, 0) is 5.41 Å². The molecule has 0 aliphatic heterocycles. The molecular weight excluding hydrogens is 270 g/mol. The summed E-state index contributed by atoms with van der Waals surface area (Å²) in [6.45, 7) is 10.7. The van der Waals surface area contributed by atoms with Gasteiger partial charge >= 0.3 is 0 Å². The Morgan fingerprint density at radius 2 is 2.09 bits per heavy atom. The maximum absolute atomic E-state index is 11.1. The largest absolute Gasteiger partial charge is 0.387 e. The van der Waals surface area contributed by atoms with E-state index in [2.05, 4.69) is 56.7 Å². The standard InChI is InChI=1S/C20H23NO/c1-5-20(4)10-9-14-17(18(20)22)12-11-21-15-8-6-7-13(16(12)15)19(14,2)3/h5-8,11,18,21-22H,1,9-10H2,2-4H3/t18?,20-/m0/s1. The molecule has 2 N–H and O–H groups in total. The van der Waals surface area contributed by atoms with E-state index in [4.69, 9.17) is 0 Å². The number of aromatic nitrogens is 1. The molecule has 1 aromatic carbocycles. The zero-order chi connectivity index (χ0) is 15.7. The molecule has 114 valence electrons. The number of benzene rings is 1. The molecule has 0 spiro atoms. The van der Waals surface area contributed by atoms with Crippen molar-refractivity contribution in [3.63, 3.8) is 0 Å². The Morgan fingerprint density at radius 3 is 2.82 bits per heavy atom. The molecule has 2 heteroatoms. The lowest BCUT2D eigenvalue weighted by molar-refractivity contribution is 0.105. The molecule has 0 saturated heterocycles. The van der Waals surface area contributed by atoms with Crippen LogP contribution in [0, 0.1) is 5.41 Å². The van der Waals surface area contributed by atoms with E-state index in [-0.39, 0.29) is 10.8 Å². The molecule has 0 fully saturated rings. The third kappa shape index (κ3) is 1.49. The molecule has 1 aromatic heterocycles. The average molecular weight is 293 g/mol. The summed E-state index contributed by atoms with van der Waals surface area (Å²) >= 11 is 0. The van der Waals surface area contributed by atoms with Gasteiger partial charge in [-0.1, -0.05) is 44.6 Å². The van der Waals surface area contributed by atoms with E-state index in [1.807, 2.05) is 6.08 Å². The van der Waals surface area contributed by atoms with Crippen molar-refractivity contribution in [2.45, 2.75) is 45.1 Å². The minimum absolute atomic E-state index is 0.0342. The van der Waals surface area contributed by atoms with Gasteiger partial charge in [0.25, 0.3) is 0 Å². The number of hydrogen-bond acceptors (Lipinski definition) is 1. The summed E-state index contributed by atoms with van der Waals surface area (Å²) in [6, 6.07) is 6.47. The van der Waals surface area contributed by atoms with Crippen LogP contribution in [0.25, 0.3) is 16.5 Å². The predicted octanol–water partition coefficient (Wildman–Crippen LogP) is 4.56. The summed E-state index contributed by atoms with van der Waals surface area (Å²) in [5, 5.41) is 12.4. The maximum atomic E-state index is 11.1. The van der Waals surface area contributed by atoms with Gasteiger partial charge < -0.3 is 10.1 Å². The van der Waals surface area contributed by atoms with Gasteiger partial charge in [-0.2, -0.15) is 0 Å². The lowest BCUT2D eigenvalue weighted by Gasteiger charge is -2.46. The Bertz CT molecular complexity index is 823. The number of rotatable bonds is 1. The molecule has 2 aromatic rings. The van der Waals surface area contributed by atoms with Crippen LogP contribution in [0.5, 0.6) is 0 Å². The second-order valence-electron chi connectivity index (χ2n) is 7.56. The van der Waals surface area contributed by atoms with E-state index in [1.165, 1.54) is 22.1 Å². The third-order valence-corrected chi connectivity index (χ3v) is 6.03. The number of aliphatic hydroxyl groups excluding tert-OH is 1. The molecule has 2 nitrogen and oxygen atoms in total. The van der Waals surface area contributed by atoms with Crippen molar-refractivity contribution >= 4 is 16.5 Å². The van der Waals surface area contributed by atoms with Gasteiger partial charge in [-0.05, 0) is 30.0 Å².